The van der Waals surface area contributed by atoms with Crippen molar-refractivity contribution in [3.63, 3.8) is 0 Å². The molecule has 2 amide bonds. The molecular weight excluding hydrogens is 364 g/mol. The minimum atomic E-state index is -0.0539. The molecule has 150 valence electrons. The van der Waals surface area contributed by atoms with Crippen LogP contribution in [0.3, 0.4) is 0 Å². The zero-order valence-corrected chi connectivity index (χ0v) is 16.5. The molecule has 2 aromatic carbocycles. The van der Waals surface area contributed by atoms with Crippen LogP contribution in [0.4, 0.5) is 11.4 Å². The van der Waals surface area contributed by atoms with Gasteiger partial charge in [-0.05, 0) is 36.6 Å². The number of benzene rings is 2. The standard InChI is InChI=1S/C23H26N4O2/c28-22-21-7-4-10-27(21)20-9-8-18(15-19(20)24-22)23(29)26-13-11-25(12-14-26)16-17-5-2-1-3-6-17/h1-3,5-6,8-9,15,21H,4,7,10-14,16H2,(H,24,28). The third-order valence-electron chi connectivity index (χ3n) is 6.27. The van der Waals surface area contributed by atoms with Crippen LogP contribution in [-0.2, 0) is 11.3 Å². The predicted molar refractivity (Wildman–Crippen MR) is 113 cm³/mol. The summed E-state index contributed by atoms with van der Waals surface area (Å²) in [6.07, 6.45) is 1.94. The molecule has 2 saturated heterocycles. The van der Waals surface area contributed by atoms with Crippen molar-refractivity contribution < 1.29 is 9.59 Å². The maximum atomic E-state index is 13.0. The summed E-state index contributed by atoms with van der Waals surface area (Å²) in [6.45, 7) is 5.02. The maximum absolute atomic E-state index is 13.0. The Bertz CT molecular complexity index is 922. The largest absolute Gasteiger partial charge is 0.358 e. The lowest BCUT2D eigenvalue weighted by Crippen LogP contribution is -2.48. The molecule has 0 spiro atoms. The molecule has 0 saturated carbocycles. The fraction of sp³-hybridized carbons (Fsp3) is 0.391. The van der Waals surface area contributed by atoms with Crippen molar-refractivity contribution in [2.75, 3.05) is 42.9 Å². The molecule has 0 aliphatic carbocycles. The molecule has 0 radical (unpaired) electrons. The van der Waals surface area contributed by atoms with Crippen molar-refractivity contribution in [1.29, 1.82) is 0 Å². The summed E-state index contributed by atoms with van der Waals surface area (Å²) in [7, 11) is 0. The zero-order valence-electron chi connectivity index (χ0n) is 16.5. The second-order valence-corrected chi connectivity index (χ2v) is 8.13. The molecule has 5 rings (SSSR count). The first-order valence-corrected chi connectivity index (χ1v) is 10.5. The van der Waals surface area contributed by atoms with Gasteiger partial charge in [-0.15, -0.1) is 0 Å². The van der Waals surface area contributed by atoms with E-state index >= 15 is 0 Å². The van der Waals surface area contributed by atoms with Crippen molar-refractivity contribution in [3.8, 4) is 0 Å². The van der Waals surface area contributed by atoms with Crippen molar-refractivity contribution in [3.05, 3.63) is 59.7 Å². The average Bonchev–Trinajstić information content (AvgIpc) is 3.25. The van der Waals surface area contributed by atoms with Gasteiger partial charge in [-0.1, -0.05) is 30.3 Å². The predicted octanol–water partition coefficient (Wildman–Crippen LogP) is 2.57. The molecular formula is C23H26N4O2. The highest BCUT2D eigenvalue weighted by atomic mass is 16.2. The third-order valence-corrected chi connectivity index (χ3v) is 6.27. The Morgan fingerprint density at radius 3 is 2.59 bits per heavy atom. The summed E-state index contributed by atoms with van der Waals surface area (Å²) in [5.74, 6) is 0.0964. The van der Waals surface area contributed by atoms with E-state index in [0.29, 0.717) is 5.56 Å². The Morgan fingerprint density at radius 1 is 1.00 bits per heavy atom. The number of nitrogens with one attached hydrogen (secondary N) is 1. The number of piperazine rings is 1. The minimum Gasteiger partial charge on any atom is -0.358 e. The van der Waals surface area contributed by atoms with E-state index in [1.807, 2.05) is 29.2 Å². The first-order chi connectivity index (χ1) is 14.2. The Kier molecular flexibility index (Phi) is 4.72. The van der Waals surface area contributed by atoms with Crippen LogP contribution in [0, 0.1) is 0 Å². The van der Waals surface area contributed by atoms with E-state index in [0.717, 1.165) is 63.5 Å². The Balaban J connectivity index is 1.25. The second-order valence-electron chi connectivity index (χ2n) is 8.13. The highest BCUT2D eigenvalue weighted by molar-refractivity contribution is 6.06. The Labute approximate surface area is 171 Å². The molecule has 3 heterocycles. The maximum Gasteiger partial charge on any atom is 0.254 e. The number of nitrogens with zero attached hydrogens (tertiary/aromatic N) is 3. The zero-order chi connectivity index (χ0) is 19.8. The fourth-order valence-corrected chi connectivity index (χ4v) is 4.70. The number of anilines is 2. The van der Waals surface area contributed by atoms with Gasteiger partial charge in [0.15, 0.2) is 0 Å². The van der Waals surface area contributed by atoms with Gasteiger partial charge in [0.1, 0.15) is 6.04 Å². The molecule has 2 fully saturated rings. The average molecular weight is 390 g/mol. The number of carbonyl (C=O) groups is 2. The number of rotatable bonds is 3. The van der Waals surface area contributed by atoms with Crippen LogP contribution in [-0.4, -0.2) is 60.4 Å². The summed E-state index contributed by atoms with van der Waals surface area (Å²) >= 11 is 0. The fourth-order valence-electron chi connectivity index (χ4n) is 4.70. The van der Waals surface area contributed by atoms with E-state index in [1.54, 1.807) is 0 Å². The van der Waals surface area contributed by atoms with Crippen LogP contribution in [0.15, 0.2) is 48.5 Å². The Morgan fingerprint density at radius 2 is 1.79 bits per heavy atom. The molecule has 3 aliphatic heterocycles. The number of carbonyl (C=O) groups excluding carboxylic acids is 2. The summed E-state index contributed by atoms with van der Waals surface area (Å²) < 4.78 is 0. The SMILES string of the molecule is O=C1Nc2cc(C(=O)N3CCN(Cc4ccccc4)CC3)ccc2N2CCCC12. The summed E-state index contributed by atoms with van der Waals surface area (Å²) in [6, 6.07) is 16.1. The van der Waals surface area contributed by atoms with E-state index < -0.39 is 0 Å². The Hall–Kier alpha value is -2.86. The van der Waals surface area contributed by atoms with E-state index in [-0.39, 0.29) is 17.9 Å². The van der Waals surface area contributed by atoms with Crippen LogP contribution < -0.4 is 10.2 Å². The van der Waals surface area contributed by atoms with Gasteiger partial charge < -0.3 is 15.1 Å². The van der Waals surface area contributed by atoms with Gasteiger partial charge in [-0.2, -0.15) is 0 Å². The van der Waals surface area contributed by atoms with Crippen LogP contribution in [0.1, 0.15) is 28.8 Å². The lowest BCUT2D eigenvalue weighted by Gasteiger charge is -2.35. The molecule has 6 heteroatoms. The normalized spacial score (nSPS) is 21.5. The first kappa shape index (κ1) is 18.2. The van der Waals surface area contributed by atoms with Gasteiger partial charge in [0.25, 0.3) is 5.91 Å². The summed E-state index contributed by atoms with van der Waals surface area (Å²) in [5, 5.41) is 3.00. The number of fused-ring (bicyclic) bond motifs is 3. The lowest BCUT2D eigenvalue weighted by molar-refractivity contribution is -0.117. The molecule has 29 heavy (non-hydrogen) atoms. The molecule has 2 aromatic rings. The van der Waals surface area contributed by atoms with E-state index in [1.165, 1.54) is 5.56 Å². The van der Waals surface area contributed by atoms with Gasteiger partial charge in [0.05, 0.1) is 11.4 Å². The van der Waals surface area contributed by atoms with Crippen LogP contribution in [0.5, 0.6) is 0 Å². The van der Waals surface area contributed by atoms with Gasteiger partial charge >= 0.3 is 0 Å². The molecule has 3 aliphatic rings. The minimum absolute atomic E-state index is 0.0463. The van der Waals surface area contributed by atoms with E-state index in [4.69, 9.17) is 0 Å². The monoisotopic (exact) mass is 390 g/mol. The number of hydrogen-bond acceptors (Lipinski definition) is 4. The smallest absolute Gasteiger partial charge is 0.254 e. The molecule has 1 N–H and O–H groups in total. The highest BCUT2D eigenvalue weighted by Gasteiger charge is 2.36. The van der Waals surface area contributed by atoms with Crippen LogP contribution in [0.25, 0.3) is 0 Å². The first-order valence-electron chi connectivity index (χ1n) is 10.5. The van der Waals surface area contributed by atoms with Gasteiger partial charge in [0, 0.05) is 44.8 Å². The molecule has 0 bridgehead atoms. The summed E-state index contributed by atoms with van der Waals surface area (Å²) in [5.41, 5.74) is 3.76. The lowest BCUT2D eigenvalue weighted by atomic mass is 10.1. The third kappa shape index (κ3) is 3.49. The van der Waals surface area contributed by atoms with Crippen molar-refractivity contribution >= 4 is 23.2 Å². The summed E-state index contributed by atoms with van der Waals surface area (Å²) in [4.78, 5) is 31.9. The van der Waals surface area contributed by atoms with Crippen LogP contribution >= 0.6 is 0 Å². The van der Waals surface area contributed by atoms with E-state index in [2.05, 4.69) is 39.4 Å². The molecule has 0 aromatic heterocycles. The molecule has 1 atom stereocenters. The highest BCUT2D eigenvalue weighted by Crippen LogP contribution is 2.37. The second kappa shape index (κ2) is 7.52. The van der Waals surface area contributed by atoms with Crippen molar-refractivity contribution in [2.24, 2.45) is 0 Å². The quantitative estimate of drug-likeness (QED) is 0.875. The van der Waals surface area contributed by atoms with Gasteiger partial charge in [0.2, 0.25) is 5.91 Å². The molecule has 6 nitrogen and oxygen atoms in total. The van der Waals surface area contributed by atoms with Crippen LogP contribution in [0.2, 0.25) is 0 Å². The van der Waals surface area contributed by atoms with Gasteiger partial charge in [-0.3, -0.25) is 14.5 Å². The van der Waals surface area contributed by atoms with Crippen molar-refractivity contribution in [2.45, 2.75) is 25.4 Å². The number of hydrogen-bond donors (Lipinski definition) is 1. The number of amides is 2. The molecule has 1 unspecified atom stereocenters. The topological polar surface area (TPSA) is 55.9 Å². The van der Waals surface area contributed by atoms with Gasteiger partial charge in [-0.25, -0.2) is 0 Å². The van der Waals surface area contributed by atoms with Crippen molar-refractivity contribution in [1.82, 2.24) is 9.80 Å². The van der Waals surface area contributed by atoms with E-state index in [9.17, 15) is 9.59 Å².